The summed E-state index contributed by atoms with van der Waals surface area (Å²) in [6, 6.07) is 22.4. The molecule has 2 heteroatoms. The van der Waals surface area contributed by atoms with Crippen LogP contribution in [0.15, 0.2) is 78.4 Å². The van der Waals surface area contributed by atoms with E-state index in [1.807, 2.05) is 11.3 Å². The van der Waals surface area contributed by atoms with Crippen LogP contribution in [0.25, 0.3) is 47.7 Å². The van der Waals surface area contributed by atoms with E-state index in [9.17, 15) is 0 Å². The molecule has 0 bridgehead atoms. The first-order valence-electron chi connectivity index (χ1n) is 9.51. The van der Waals surface area contributed by atoms with Crippen LogP contribution in [-0.4, -0.2) is 4.57 Å². The molecule has 27 heavy (non-hydrogen) atoms. The zero-order valence-corrected chi connectivity index (χ0v) is 16.0. The Kier molecular flexibility index (Phi) is 3.15. The molecule has 0 aliphatic heterocycles. The van der Waals surface area contributed by atoms with Crippen molar-refractivity contribution in [1.29, 1.82) is 0 Å². The predicted octanol–water partition coefficient (Wildman–Crippen LogP) is 7.74. The topological polar surface area (TPSA) is 4.93 Å². The van der Waals surface area contributed by atoms with Gasteiger partial charge < -0.3 is 4.57 Å². The first kappa shape index (κ1) is 15.2. The lowest BCUT2D eigenvalue weighted by Crippen LogP contribution is -2.00. The number of allylic oxidation sites excluding steroid dienone is 4. The van der Waals surface area contributed by atoms with Crippen molar-refractivity contribution in [2.24, 2.45) is 0 Å². The summed E-state index contributed by atoms with van der Waals surface area (Å²) in [7, 11) is 0. The first-order chi connectivity index (χ1) is 13.3. The normalized spacial score (nSPS) is 15.0. The molecule has 6 rings (SSSR count). The third-order valence-corrected chi connectivity index (χ3v) is 6.93. The van der Waals surface area contributed by atoms with Crippen LogP contribution < -0.4 is 0 Å². The lowest BCUT2D eigenvalue weighted by Gasteiger charge is -2.16. The van der Waals surface area contributed by atoms with Crippen LogP contribution in [0.5, 0.6) is 0 Å². The van der Waals surface area contributed by atoms with Gasteiger partial charge in [0.25, 0.3) is 0 Å². The fourth-order valence-electron chi connectivity index (χ4n) is 4.41. The van der Waals surface area contributed by atoms with Crippen molar-refractivity contribution >= 4 is 59.0 Å². The van der Waals surface area contributed by atoms with E-state index in [0.717, 1.165) is 12.8 Å². The largest absolute Gasteiger partial charge is 0.313 e. The van der Waals surface area contributed by atoms with Gasteiger partial charge in [0.15, 0.2) is 0 Å². The van der Waals surface area contributed by atoms with E-state index in [-0.39, 0.29) is 0 Å². The van der Waals surface area contributed by atoms with Crippen LogP contribution in [-0.2, 0) is 0 Å². The molecule has 1 nitrogen and oxygen atoms in total. The molecule has 2 aromatic heterocycles. The summed E-state index contributed by atoms with van der Waals surface area (Å²) >= 11 is 1.90. The summed E-state index contributed by atoms with van der Waals surface area (Å²) in [5.74, 6) is 0. The number of hydrogen-bond acceptors (Lipinski definition) is 1. The molecular formula is C25H19NS. The molecule has 0 radical (unpaired) electrons. The van der Waals surface area contributed by atoms with Crippen molar-refractivity contribution in [3.05, 3.63) is 78.4 Å². The average Bonchev–Trinajstić information content (AvgIpc) is 3.22. The smallest absolute Gasteiger partial charge is 0.0545 e. The minimum absolute atomic E-state index is 1.10. The first-order valence-corrected chi connectivity index (χ1v) is 10.3. The van der Waals surface area contributed by atoms with E-state index in [0.29, 0.717) is 0 Å². The van der Waals surface area contributed by atoms with Gasteiger partial charge in [0.2, 0.25) is 0 Å². The molecule has 1 aliphatic rings. The minimum Gasteiger partial charge on any atom is -0.313 e. The highest BCUT2D eigenvalue weighted by Crippen LogP contribution is 2.41. The summed E-state index contributed by atoms with van der Waals surface area (Å²) in [5.41, 5.74) is 5.50. The number of benzene rings is 3. The van der Waals surface area contributed by atoms with Crippen LogP contribution >= 0.6 is 11.3 Å². The summed E-state index contributed by atoms with van der Waals surface area (Å²) in [5, 5.41) is 5.44. The summed E-state index contributed by atoms with van der Waals surface area (Å²) in [6.45, 7) is 2.22. The monoisotopic (exact) mass is 365 g/mol. The lowest BCUT2D eigenvalue weighted by molar-refractivity contribution is 0.927. The highest BCUT2D eigenvalue weighted by molar-refractivity contribution is 7.25. The molecule has 0 spiro atoms. The maximum Gasteiger partial charge on any atom is 0.0545 e. The van der Waals surface area contributed by atoms with Crippen LogP contribution in [0.3, 0.4) is 0 Å². The van der Waals surface area contributed by atoms with Gasteiger partial charge in [-0.25, -0.2) is 0 Å². The van der Waals surface area contributed by atoms with E-state index in [1.54, 1.807) is 0 Å². The van der Waals surface area contributed by atoms with Gasteiger partial charge in [-0.15, -0.1) is 11.3 Å². The van der Waals surface area contributed by atoms with Crippen LogP contribution in [0, 0.1) is 0 Å². The average molecular weight is 366 g/mol. The molecule has 0 N–H and O–H groups in total. The fraction of sp³-hybridized carbons (Fsp3) is 0.120. The third kappa shape index (κ3) is 2.17. The molecule has 0 unspecified atom stereocenters. The molecule has 2 heterocycles. The molecule has 0 atom stereocenters. The zero-order valence-electron chi connectivity index (χ0n) is 15.2. The van der Waals surface area contributed by atoms with Gasteiger partial charge in [-0.1, -0.05) is 48.0 Å². The standard InChI is InChI=1S/C25H19NS/c1-16-10-12-17(13-11-16)26-22-8-4-2-6-18(22)20-15-25-21(14-23(20)26)19-7-3-5-9-24(19)27-25/h2-10,12,14-15H,11,13H2,1H3. The number of nitrogens with zero attached hydrogens (tertiary/aromatic N) is 1. The molecule has 1 aliphatic carbocycles. The van der Waals surface area contributed by atoms with Crippen molar-refractivity contribution in [3.8, 4) is 0 Å². The number of thiophene rings is 1. The number of fused-ring (bicyclic) bond motifs is 6. The van der Waals surface area contributed by atoms with E-state index >= 15 is 0 Å². The lowest BCUT2D eigenvalue weighted by atomic mass is 10.0. The van der Waals surface area contributed by atoms with Crippen molar-refractivity contribution in [2.45, 2.75) is 19.8 Å². The molecule has 0 fully saturated rings. The Morgan fingerprint density at radius 3 is 2.37 bits per heavy atom. The van der Waals surface area contributed by atoms with Gasteiger partial charge >= 0.3 is 0 Å². The molecule has 0 amide bonds. The van der Waals surface area contributed by atoms with E-state index in [1.165, 1.54) is 53.2 Å². The third-order valence-electron chi connectivity index (χ3n) is 5.79. The number of aromatic nitrogens is 1. The summed E-state index contributed by atoms with van der Waals surface area (Å²) in [4.78, 5) is 0. The van der Waals surface area contributed by atoms with E-state index < -0.39 is 0 Å². The van der Waals surface area contributed by atoms with Crippen molar-refractivity contribution in [1.82, 2.24) is 4.57 Å². The van der Waals surface area contributed by atoms with Gasteiger partial charge in [-0.05, 0) is 50.1 Å². The van der Waals surface area contributed by atoms with E-state index in [2.05, 4.69) is 84.3 Å². The fourth-order valence-corrected chi connectivity index (χ4v) is 5.54. The molecule has 130 valence electrons. The van der Waals surface area contributed by atoms with Crippen molar-refractivity contribution < 1.29 is 0 Å². The maximum absolute atomic E-state index is 2.49. The maximum atomic E-state index is 2.49. The second-order valence-electron chi connectivity index (χ2n) is 7.49. The molecular weight excluding hydrogens is 346 g/mol. The van der Waals surface area contributed by atoms with Crippen molar-refractivity contribution in [3.63, 3.8) is 0 Å². The number of hydrogen-bond donors (Lipinski definition) is 0. The van der Waals surface area contributed by atoms with E-state index in [4.69, 9.17) is 0 Å². The Hall–Kier alpha value is -2.84. The molecule has 3 aromatic carbocycles. The van der Waals surface area contributed by atoms with Crippen molar-refractivity contribution in [2.75, 3.05) is 0 Å². The zero-order chi connectivity index (χ0) is 18.0. The summed E-state index contributed by atoms with van der Waals surface area (Å²) in [6.07, 6.45) is 6.82. The van der Waals surface area contributed by atoms with Gasteiger partial charge in [0.05, 0.1) is 11.0 Å². The number of para-hydroxylation sites is 1. The van der Waals surface area contributed by atoms with Crippen LogP contribution in [0.1, 0.15) is 19.8 Å². The Bertz CT molecular complexity index is 1420. The molecule has 0 saturated heterocycles. The molecule has 5 aromatic rings. The SMILES string of the molecule is CC1=CC=C(n2c3ccccc3c3cc4sc5ccccc5c4cc32)CC1. The Labute approximate surface area is 161 Å². The minimum atomic E-state index is 1.10. The highest BCUT2D eigenvalue weighted by atomic mass is 32.1. The predicted molar refractivity (Wildman–Crippen MR) is 120 cm³/mol. The van der Waals surface area contributed by atoms with Crippen LogP contribution in [0.2, 0.25) is 0 Å². The van der Waals surface area contributed by atoms with Gasteiger partial charge in [0, 0.05) is 36.6 Å². The Morgan fingerprint density at radius 1 is 0.704 bits per heavy atom. The summed E-state index contributed by atoms with van der Waals surface area (Å²) < 4.78 is 5.23. The second kappa shape index (κ2) is 5.58. The Morgan fingerprint density at radius 2 is 1.52 bits per heavy atom. The van der Waals surface area contributed by atoms with Gasteiger partial charge in [-0.3, -0.25) is 0 Å². The Balaban J connectivity index is 1.79. The van der Waals surface area contributed by atoms with Gasteiger partial charge in [0.1, 0.15) is 0 Å². The highest BCUT2D eigenvalue weighted by Gasteiger charge is 2.17. The van der Waals surface area contributed by atoms with Crippen LogP contribution in [0.4, 0.5) is 0 Å². The molecule has 0 saturated carbocycles. The van der Waals surface area contributed by atoms with Gasteiger partial charge in [-0.2, -0.15) is 0 Å². The quantitative estimate of drug-likeness (QED) is 0.286. The number of rotatable bonds is 1. The second-order valence-corrected chi connectivity index (χ2v) is 8.57.